The summed E-state index contributed by atoms with van der Waals surface area (Å²) in [5.74, 6) is 0.833. The van der Waals surface area contributed by atoms with Crippen molar-refractivity contribution in [3.05, 3.63) is 29.2 Å². The first-order valence-electron chi connectivity index (χ1n) is 6.68. The zero-order chi connectivity index (χ0) is 13.1. The second kappa shape index (κ2) is 9.45. The maximum absolute atomic E-state index is 9.99. The number of anilines is 1. The van der Waals surface area contributed by atoms with Gasteiger partial charge in [0, 0.05) is 0 Å². The van der Waals surface area contributed by atoms with Crippen LogP contribution in [0, 0.1) is 4.91 Å². The van der Waals surface area contributed by atoms with Gasteiger partial charge in [-0.3, -0.25) is 0 Å². The van der Waals surface area contributed by atoms with Crippen LogP contribution in [-0.4, -0.2) is 6.61 Å². The molecule has 0 aliphatic carbocycles. The molecule has 18 heavy (non-hydrogen) atoms. The second-order valence-electron chi connectivity index (χ2n) is 4.34. The van der Waals surface area contributed by atoms with Crippen molar-refractivity contribution in [1.82, 2.24) is 0 Å². The molecule has 0 amide bonds. The van der Waals surface area contributed by atoms with Gasteiger partial charge in [0.15, 0.2) is 0 Å². The monoisotopic (exact) mass is 250 g/mol. The maximum Gasteiger partial charge on any atom is 0.119 e. The van der Waals surface area contributed by atoms with Gasteiger partial charge in [0.1, 0.15) is 5.75 Å². The average Bonchev–Trinajstić information content (AvgIpc) is 2.40. The van der Waals surface area contributed by atoms with E-state index in [1.807, 2.05) is 12.1 Å². The highest BCUT2D eigenvalue weighted by molar-refractivity contribution is 5.45. The van der Waals surface area contributed by atoms with E-state index in [0.717, 1.165) is 18.8 Å². The number of nitrogens with zero attached hydrogens (tertiary/aromatic N) is 1. The third kappa shape index (κ3) is 6.23. The van der Waals surface area contributed by atoms with Crippen molar-refractivity contribution in [2.75, 3.05) is 12.0 Å². The fourth-order valence-corrected chi connectivity index (χ4v) is 1.75. The standard InChI is InChI=1S/C14H22N2O2/c1-2-3-4-5-6-7-12-18-14-10-8-13(9-11-14)15-16-17/h8-11H,2-7,12H2,1H3,(H,15,17). The van der Waals surface area contributed by atoms with Gasteiger partial charge in [-0.25, -0.2) is 5.43 Å². The predicted molar refractivity (Wildman–Crippen MR) is 74.7 cm³/mol. The summed E-state index contributed by atoms with van der Waals surface area (Å²) in [5, 5.41) is 2.61. The van der Waals surface area contributed by atoms with Gasteiger partial charge < -0.3 is 4.74 Å². The Morgan fingerprint density at radius 3 is 2.39 bits per heavy atom. The van der Waals surface area contributed by atoms with Crippen LogP contribution in [-0.2, 0) is 0 Å². The lowest BCUT2D eigenvalue weighted by atomic mass is 10.1. The Balaban J connectivity index is 2.09. The Labute approximate surface area is 109 Å². The highest BCUT2D eigenvalue weighted by Gasteiger charge is 1.95. The van der Waals surface area contributed by atoms with Crippen molar-refractivity contribution in [3.8, 4) is 5.75 Å². The summed E-state index contributed by atoms with van der Waals surface area (Å²) in [4.78, 5) is 9.99. The number of hydrogen-bond donors (Lipinski definition) is 1. The van der Waals surface area contributed by atoms with E-state index >= 15 is 0 Å². The number of hydrogen-bond acceptors (Lipinski definition) is 3. The normalized spacial score (nSPS) is 10.1. The second-order valence-corrected chi connectivity index (χ2v) is 4.34. The van der Waals surface area contributed by atoms with E-state index in [-0.39, 0.29) is 0 Å². The molecule has 0 aromatic heterocycles. The molecule has 1 N–H and O–H groups in total. The van der Waals surface area contributed by atoms with Crippen LogP contribution in [0.1, 0.15) is 45.4 Å². The van der Waals surface area contributed by atoms with E-state index in [2.05, 4.69) is 17.6 Å². The lowest BCUT2D eigenvalue weighted by Crippen LogP contribution is -1.97. The van der Waals surface area contributed by atoms with E-state index < -0.39 is 0 Å². The molecule has 0 saturated heterocycles. The van der Waals surface area contributed by atoms with Crippen molar-refractivity contribution < 1.29 is 4.74 Å². The molecular formula is C14H22N2O2. The first-order chi connectivity index (χ1) is 8.86. The summed E-state index contributed by atoms with van der Waals surface area (Å²) in [5.41, 5.74) is 3.02. The van der Waals surface area contributed by atoms with Crippen LogP contribution in [0.4, 0.5) is 5.69 Å². The lowest BCUT2D eigenvalue weighted by Gasteiger charge is -2.06. The van der Waals surface area contributed by atoms with Gasteiger partial charge in [0.25, 0.3) is 0 Å². The molecule has 0 bridgehead atoms. The summed E-state index contributed by atoms with van der Waals surface area (Å²) in [6, 6.07) is 7.23. The van der Waals surface area contributed by atoms with E-state index in [0.29, 0.717) is 5.69 Å². The van der Waals surface area contributed by atoms with Crippen LogP contribution in [0.3, 0.4) is 0 Å². The third-order valence-corrected chi connectivity index (χ3v) is 2.80. The topological polar surface area (TPSA) is 50.7 Å². The molecule has 1 rings (SSSR count). The first-order valence-corrected chi connectivity index (χ1v) is 6.68. The van der Waals surface area contributed by atoms with Gasteiger partial charge in [-0.1, -0.05) is 39.0 Å². The Bertz CT molecular complexity index is 325. The maximum atomic E-state index is 9.99. The molecule has 0 saturated carbocycles. The number of nitroso groups, excluding NO2 is 1. The van der Waals surface area contributed by atoms with Crippen LogP contribution in [0.15, 0.2) is 29.6 Å². The van der Waals surface area contributed by atoms with E-state index in [1.54, 1.807) is 12.1 Å². The molecule has 0 spiro atoms. The van der Waals surface area contributed by atoms with Gasteiger partial charge in [-0.2, -0.15) is 0 Å². The molecule has 0 atom stereocenters. The SMILES string of the molecule is CCCCCCCCOc1ccc(NN=O)cc1. The summed E-state index contributed by atoms with van der Waals surface area (Å²) in [6.07, 6.45) is 7.57. The largest absolute Gasteiger partial charge is 0.494 e. The van der Waals surface area contributed by atoms with Crippen molar-refractivity contribution >= 4 is 5.69 Å². The molecule has 0 unspecified atom stereocenters. The van der Waals surface area contributed by atoms with Crippen LogP contribution in [0.25, 0.3) is 0 Å². The van der Waals surface area contributed by atoms with Gasteiger partial charge >= 0.3 is 0 Å². The van der Waals surface area contributed by atoms with E-state index in [4.69, 9.17) is 4.74 Å². The van der Waals surface area contributed by atoms with Crippen LogP contribution >= 0.6 is 0 Å². The van der Waals surface area contributed by atoms with Gasteiger partial charge in [0.05, 0.1) is 17.6 Å². The fourth-order valence-electron chi connectivity index (χ4n) is 1.75. The molecule has 1 aromatic carbocycles. The Morgan fingerprint density at radius 2 is 1.72 bits per heavy atom. The van der Waals surface area contributed by atoms with Crippen LogP contribution in [0.5, 0.6) is 5.75 Å². The number of benzene rings is 1. The van der Waals surface area contributed by atoms with Gasteiger partial charge in [-0.05, 0) is 30.7 Å². The van der Waals surface area contributed by atoms with Crippen LogP contribution < -0.4 is 10.2 Å². The van der Waals surface area contributed by atoms with Gasteiger partial charge in [-0.15, -0.1) is 4.91 Å². The summed E-state index contributed by atoms with van der Waals surface area (Å²) < 4.78 is 5.61. The van der Waals surface area contributed by atoms with Crippen molar-refractivity contribution in [2.45, 2.75) is 45.4 Å². The molecule has 0 aliphatic rings. The molecule has 0 fully saturated rings. The Morgan fingerprint density at radius 1 is 1.06 bits per heavy atom. The van der Waals surface area contributed by atoms with Crippen LogP contribution in [0.2, 0.25) is 0 Å². The molecule has 4 heteroatoms. The molecule has 0 aliphatic heterocycles. The predicted octanol–water partition coefficient (Wildman–Crippen LogP) is 4.52. The summed E-state index contributed by atoms with van der Waals surface area (Å²) >= 11 is 0. The zero-order valence-electron chi connectivity index (χ0n) is 11.0. The lowest BCUT2D eigenvalue weighted by molar-refractivity contribution is 0.304. The minimum absolute atomic E-state index is 0.678. The van der Waals surface area contributed by atoms with Crippen molar-refractivity contribution in [3.63, 3.8) is 0 Å². The fraction of sp³-hybridized carbons (Fsp3) is 0.571. The van der Waals surface area contributed by atoms with E-state index in [1.165, 1.54) is 32.1 Å². The smallest absolute Gasteiger partial charge is 0.119 e. The van der Waals surface area contributed by atoms with Crippen molar-refractivity contribution in [1.29, 1.82) is 0 Å². The molecular weight excluding hydrogens is 228 g/mol. The molecule has 1 aromatic rings. The molecule has 4 nitrogen and oxygen atoms in total. The number of rotatable bonds is 10. The Kier molecular flexibility index (Phi) is 7.60. The highest BCUT2D eigenvalue weighted by atomic mass is 16.5. The number of nitrogens with one attached hydrogen (secondary N) is 1. The molecule has 0 heterocycles. The summed E-state index contributed by atoms with van der Waals surface area (Å²) in [6.45, 7) is 2.98. The number of unbranched alkanes of at least 4 members (excludes halogenated alkanes) is 5. The van der Waals surface area contributed by atoms with E-state index in [9.17, 15) is 4.91 Å². The highest BCUT2D eigenvalue weighted by Crippen LogP contribution is 2.16. The van der Waals surface area contributed by atoms with Gasteiger partial charge in [0.2, 0.25) is 0 Å². The van der Waals surface area contributed by atoms with Crippen molar-refractivity contribution in [2.24, 2.45) is 5.29 Å². The molecule has 0 radical (unpaired) electrons. The summed E-state index contributed by atoms with van der Waals surface area (Å²) in [7, 11) is 0. The minimum atomic E-state index is 0.678. The average molecular weight is 250 g/mol. The number of ether oxygens (including phenoxy) is 1. The quantitative estimate of drug-likeness (QED) is 0.377. The Hall–Kier alpha value is -1.58. The third-order valence-electron chi connectivity index (χ3n) is 2.80. The zero-order valence-corrected chi connectivity index (χ0v) is 11.0. The minimum Gasteiger partial charge on any atom is -0.494 e. The first kappa shape index (κ1) is 14.5. The molecule has 100 valence electrons.